The Kier molecular flexibility index (Phi) is 5.23. The summed E-state index contributed by atoms with van der Waals surface area (Å²) in [4.78, 5) is 0. The van der Waals surface area contributed by atoms with Crippen LogP contribution in [0.4, 0.5) is 4.39 Å². The highest BCUT2D eigenvalue weighted by molar-refractivity contribution is 4.72. The monoisotopic (exact) mass is 175 g/mol. The molecule has 0 spiro atoms. The van der Waals surface area contributed by atoms with Crippen LogP contribution in [0.3, 0.4) is 0 Å². The van der Waals surface area contributed by atoms with Gasteiger partial charge >= 0.3 is 0 Å². The molecule has 0 aromatic rings. The molecule has 0 aliphatic carbocycles. The minimum Gasteiger partial charge on any atom is -0.311 e. The van der Waals surface area contributed by atoms with E-state index in [1.807, 2.05) is 0 Å². The summed E-state index contributed by atoms with van der Waals surface area (Å²) in [5, 5.41) is 9.25. The Balaban J connectivity index is 0.000000127. The van der Waals surface area contributed by atoms with Crippen LogP contribution in [0.1, 0.15) is 12.8 Å². The Morgan fingerprint density at radius 1 is 1.17 bits per heavy atom. The molecular formula is C8H18FN3. The Morgan fingerprint density at radius 3 is 2.17 bits per heavy atom. The van der Waals surface area contributed by atoms with Gasteiger partial charge in [0.05, 0.1) is 0 Å². The number of hydrogen-bond donors (Lipinski definition) is 3. The number of hydrogen-bond acceptors (Lipinski definition) is 3. The van der Waals surface area contributed by atoms with Crippen LogP contribution in [-0.4, -0.2) is 39.0 Å². The van der Waals surface area contributed by atoms with Crippen LogP contribution in [-0.2, 0) is 0 Å². The largest absolute Gasteiger partial charge is 0.311 e. The van der Waals surface area contributed by atoms with Gasteiger partial charge in [0, 0.05) is 25.8 Å². The van der Waals surface area contributed by atoms with Gasteiger partial charge in [-0.3, -0.25) is 0 Å². The molecule has 0 saturated carbocycles. The molecular weight excluding hydrogens is 157 g/mol. The van der Waals surface area contributed by atoms with Crippen molar-refractivity contribution in [2.45, 2.75) is 18.9 Å². The summed E-state index contributed by atoms with van der Waals surface area (Å²) < 4.78 is 11.6. The lowest BCUT2D eigenvalue weighted by Gasteiger charge is -1.99. The van der Waals surface area contributed by atoms with Gasteiger partial charge in [0.25, 0.3) is 0 Å². The van der Waals surface area contributed by atoms with Gasteiger partial charge in [-0.1, -0.05) is 0 Å². The summed E-state index contributed by atoms with van der Waals surface area (Å²) in [5.74, 6) is 0. The fourth-order valence-electron chi connectivity index (χ4n) is 1.33. The zero-order chi connectivity index (χ0) is 8.65. The van der Waals surface area contributed by atoms with E-state index in [2.05, 4.69) is 16.0 Å². The van der Waals surface area contributed by atoms with Gasteiger partial charge in [-0.2, -0.15) is 0 Å². The molecule has 72 valence electrons. The zero-order valence-electron chi connectivity index (χ0n) is 7.41. The van der Waals surface area contributed by atoms with Gasteiger partial charge in [0.15, 0.2) is 0 Å². The maximum Gasteiger partial charge on any atom is 0.105 e. The number of alkyl halides is 1. The summed E-state index contributed by atoms with van der Waals surface area (Å²) in [5.41, 5.74) is 0. The van der Waals surface area contributed by atoms with Gasteiger partial charge in [0.2, 0.25) is 0 Å². The van der Waals surface area contributed by atoms with Gasteiger partial charge in [-0.15, -0.1) is 0 Å². The molecule has 0 aromatic carbocycles. The van der Waals surface area contributed by atoms with E-state index < -0.39 is 0 Å². The normalized spacial score (nSPS) is 28.2. The van der Waals surface area contributed by atoms with Crippen molar-refractivity contribution in [1.82, 2.24) is 16.0 Å². The second-order valence-electron chi connectivity index (χ2n) is 3.12. The molecule has 0 bridgehead atoms. The Morgan fingerprint density at radius 2 is 1.92 bits per heavy atom. The molecule has 3 N–H and O–H groups in total. The standard InChI is InChI=1S/C5H10FN.C3H8N2/c6-4-5-2-1-3-7-5;1-2-5-3-4-1/h5,7H,1-4H2;4-5H,1-3H2. The first kappa shape index (κ1) is 9.89. The fraction of sp³-hybridized carbons (Fsp3) is 1.00. The molecule has 0 radical (unpaired) electrons. The van der Waals surface area contributed by atoms with Crippen molar-refractivity contribution >= 4 is 0 Å². The van der Waals surface area contributed by atoms with Crippen LogP contribution in [0.2, 0.25) is 0 Å². The zero-order valence-corrected chi connectivity index (χ0v) is 7.41. The molecule has 2 aliphatic rings. The number of halogens is 1. The topological polar surface area (TPSA) is 36.1 Å². The molecule has 4 heteroatoms. The maximum absolute atomic E-state index is 11.6. The molecule has 3 nitrogen and oxygen atoms in total. The van der Waals surface area contributed by atoms with Gasteiger partial charge in [-0.05, 0) is 19.4 Å². The molecule has 2 fully saturated rings. The van der Waals surface area contributed by atoms with Crippen molar-refractivity contribution < 1.29 is 4.39 Å². The van der Waals surface area contributed by atoms with E-state index in [1.165, 1.54) is 0 Å². The Hall–Kier alpha value is -0.190. The first-order chi connectivity index (χ1) is 5.93. The Bertz CT molecular complexity index is 92.9. The average molecular weight is 175 g/mol. The van der Waals surface area contributed by atoms with E-state index >= 15 is 0 Å². The van der Waals surface area contributed by atoms with Crippen LogP contribution in [0.15, 0.2) is 0 Å². The fourth-order valence-corrected chi connectivity index (χ4v) is 1.33. The lowest BCUT2D eigenvalue weighted by molar-refractivity contribution is 0.406. The highest BCUT2D eigenvalue weighted by Gasteiger charge is 2.11. The lowest BCUT2D eigenvalue weighted by Crippen LogP contribution is -2.22. The van der Waals surface area contributed by atoms with Crippen molar-refractivity contribution in [3.8, 4) is 0 Å². The predicted octanol–water partition coefficient (Wildman–Crippen LogP) is -0.155. The van der Waals surface area contributed by atoms with Crippen molar-refractivity contribution in [3.63, 3.8) is 0 Å². The van der Waals surface area contributed by atoms with Crippen LogP contribution in [0, 0.1) is 0 Å². The molecule has 2 aliphatic heterocycles. The quantitative estimate of drug-likeness (QED) is 0.518. The summed E-state index contributed by atoms with van der Waals surface area (Å²) in [6, 6.07) is 0.181. The molecule has 0 amide bonds. The first-order valence-corrected chi connectivity index (χ1v) is 4.64. The van der Waals surface area contributed by atoms with Crippen molar-refractivity contribution in [1.29, 1.82) is 0 Å². The third-order valence-corrected chi connectivity index (χ3v) is 2.08. The smallest absolute Gasteiger partial charge is 0.105 e. The van der Waals surface area contributed by atoms with E-state index in [4.69, 9.17) is 0 Å². The van der Waals surface area contributed by atoms with Gasteiger partial charge in [0.1, 0.15) is 6.67 Å². The molecule has 2 heterocycles. The first-order valence-electron chi connectivity index (χ1n) is 4.64. The van der Waals surface area contributed by atoms with Gasteiger partial charge in [-0.25, -0.2) is 4.39 Å². The van der Waals surface area contributed by atoms with E-state index in [0.29, 0.717) is 0 Å². The molecule has 0 aromatic heterocycles. The molecule has 2 saturated heterocycles. The molecule has 1 atom stereocenters. The van der Waals surface area contributed by atoms with Gasteiger partial charge < -0.3 is 16.0 Å². The maximum atomic E-state index is 11.6. The summed E-state index contributed by atoms with van der Waals surface area (Å²) in [6.45, 7) is 4.09. The third kappa shape index (κ3) is 3.99. The number of rotatable bonds is 1. The summed E-state index contributed by atoms with van der Waals surface area (Å²) in [7, 11) is 0. The number of nitrogens with one attached hydrogen (secondary N) is 3. The van der Waals surface area contributed by atoms with Crippen LogP contribution >= 0.6 is 0 Å². The minimum atomic E-state index is -0.194. The van der Waals surface area contributed by atoms with E-state index in [9.17, 15) is 4.39 Å². The average Bonchev–Trinajstić information content (AvgIpc) is 2.81. The van der Waals surface area contributed by atoms with Crippen LogP contribution in [0.5, 0.6) is 0 Å². The highest BCUT2D eigenvalue weighted by atomic mass is 19.1. The SMILES string of the molecule is C1CNCN1.FCC1CCCN1. The summed E-state index contributed by atoms with van der Waals surface area (Å²) in [6.07, 6.45) is 2.17. The molecule has 1 unspecified atom stereocenters. The second-order valence-corrected chi connectivity index (χ2v) is 3.12. The van der Waals surface area contributed by atoms with Crippen LogP contribution < -0.4 is 16.0 Å². The van der Waals surface area contributed by atoms with Crippen molar-refractivity contribution in [2.24, 2.45) is 0 Å². The molecule has 2 rings (SSSR count). The van der Waals surface area contributed by atoms with E-state index in [0.717, 1.165) is 39.1 Å². The Labute approximate surface area is 73.1 Å². The molecule has 12 heavy (non-hydrogen) atoms. The van der Waals surface area contributed by atoms with Crippen LogP contribution in [0.25, 0.3) is 0 Å². The minimum absolute atomic E-state index is 0.181. The van der Waals surface area contributed by atoms with E-state index in [1.54, 1.807) is 0 Å². The van der Waals surface area contributed by atoms with E-state index in [-0.39, 0.29) is 12.7 Å². The highest BCUT2D eigenvalue weighted by Crippen LogP contribution is 2.03. The predicted molar refractivity (Wildman–Crippen MR) is 47.9 cm³/mol. The lowest BCUT2D eigenvalue weighted by atomic mass is 10.2. The second kappa shape index (κ2) is 6.34. The third-order valence-electron chi connectivity index (χ3n) is 2.08. The van der Waals surface area contributed by atoms with Crippen molar-refractivity contribution in [2.75, 3.05) is 33.0 Å². The summed E-state index contributed by atoms with van der Waals surface area (Å²) >= 11 is 0. The van der Waals surface area contributed by atoms with Crippen molar-refractivity contribution in [3.05, 3.63) is 0 Å².